The van der Waals surface area contributed by atoms with Gasteiger partial charge in [0, 0.05) is 6.42 Å². The van der Waals surface area contributed by atoms with Gasteiger partial charge in [0.15, 0.2) is 0 Å². The molecule has 3 nitrogen and oxygen atoms in total. The Morgan fingerprint density at radius 3 is 1.84 bits per heavy atom. The minimum Gasteiger partial charge on any atom is -1.00 e. The molecule has 0 rings (SSSR count). The molecule has 0 radical (unpaired) electrons. The first-order chi connectivity index (χ1) is 8.68. The predicted molar refractivity (Wildman–Crippen MR) is 81.3 cm³/mol. The van der Waals surface area contributed by atoms with E-state index in [1.807, 2.05) is 0 Å². The second-order valence-corrected chi connectivity index (χ2v) is 5.04. The lowest BCUT2D eigenvalue weighted by Gasteiger charge is -2.34. The van der Waals surface area contributed by atoms with Crippen LogP contribution in [0.5, 0.6) is 0 Å². The summed E-state index contributed by atoms with van der Waals surface area (Å²) in [6, 6.07) is 0. The van der Waals surface area contributed by atoms with Crippen LogP contribution in [0.15, 0.2) is 25.3 Å². The lowest BCUT2D eigenvalue weighted by Crippen LogP contribution is -3.00. The van der Waals surface area contributed by atoms with Crippen molar-refractivity contribution in [3.05, 3.63) is 25.3 Å². The molecule has 0 heterocycles. The van der Waals surface area contributed by atoms with Crippen LogP contribution in [0.25, 0.3) is 0 Å². The van der Waals surface area contributed by atoms with Crippen LogP contribution in [-0.2, 0) is 9.47 Å². The van der Waals surface area contributed by atoms with Gasteiger partial charge in [0.2, 0.25) is 0 Å². The molecule has 0 aromatic heterocycles. The van der Waals surface area contributed by atoms with Gasteiger partial charge in [-0.25, -0.2) is 0 Å². The first-order valence-corrected chi connectivity index (χ1v) is 7.13. The second-order valence-electron chi connectivity index (χ2n) is 4.59. The lowest BCUT2D eigenvalue weighted by atomic mass is 10.3. The summed E-state index contributed by atoms with van der Waals surface area (Å²) in [4.78, 5) is 0. The molecule has 0 bridgehead atoms. The minimum atomic E-state index is 0. The van der Waals surface area contributed by atoms with Crippen molar-refractivity contribution in [2.45, 2.75) is 6.42 Å². The summed E-state index contributed by atoms with van der Waals surface area (Å²) in [6.07, 6.45) is 4.68. The highest BCUT2D eigenvalue weighted by Gasteiger charge is 2.20. The van der Waals surface area contributed by atoms with Crippen LogP contribution in [0.1, 0.15) is 6.42 Å². The Morgan fingerprint density at radius 2 is 1.47 bits per heavy atom. The Balaban J connectivity index is 0. The Labute approximate surface area is 134 Å². The largest absolute Gasteiger partial charge is 1.00 e. The van der Waals surface area contributed by atoms with Crippen molar-refractivity contribution < 1.29 is 30.9 Å². The zero-order valence-electron chi connectivity index (χ0n) is 12.0. The van der Waals surface area contributed by atoms with Crippen LogP contribution in [0.4, 0.5) is 0 Å². The average molecular weight is 354 g/mol. The number of likely N-dealkylation sites (N-methyl/N-ethyl adjacent to an activating group) is 1. The first-order valence-electron chi connectivity index (χ1n) is 6.50. The van der Waals surface area contributed by atoms with Crippen molar-refractivity contribution in [3.8, 4) is 0 Å². The number of thiol groups is 1. The summed E-state index contributed by atoms with van der Waals surface area (Å²) >= 11 is 4.28. The highest BCUT2D eigenvalue weighted by atomic mass is 79.9. The topological polar surface area (TPSA) is 18.5 Å². The van der Waals surface area contributed by atoms with E-state index in [4.69, 9.17) is 9.47 Å². The fourth-order valence-electron chi connectivity index (χ4n) is 1.69. The van der Waals surface area contributed by atoms with Crippen molar-refractivity contribution in [1.82, 2.24) is 0 Å². The van der Waals surface area contributed by atoms with Crippen LogP contribution in [0, 0.1) is 0 Å². The normalized spacial score (nSPS) is 10.8. The number of quaternary nitrogens is 1. The van der Waals surface area contributed by atoms with Crippen molar-refractivity contribution in [1.29, 1.82) is 0 Å². The van der Waals surface area contributed by atoms with E-state index in [2.05, 4.69) is 32.8 Å². The Bertz CT molecular complexity index is 211. The third kappa shape index (κ3) is 12.9. The zero-order valence-corrected chi connectivity index (χ0v) is 14.5. The van der Waals surface area contributed by atoms with E-state index < -0.39 is 0 Å². The molecule has 0 amide bonds. The van der Waals surface area contributed by atoms with Crippen molar-refractivity contribution in [2.24, 2.45) is 0 Å². The van der Waals surface area contributed by atoms with Gasteiger partial charge in [0.05, 0.1) is 40.0 Å². The molecule has 0 aromatic rings. The summed E-state index contributed by atoms with van der Waals surface area (Å²) in [6.45, 7) is 13.2. The molecule has 19 heavy (non-hydrogen) atoms. The minimum absolute atomic E-state index is 0. The molecule has 0 N–H and O–H groups in total. The van der Waals surface area contributed by atoms with Gasteiger partial charge < -0.3 is 30.9 Å². The lowest BCUT2D eigenvalue weighted by molar-refractivity contribution is -0.910. The van der Waals surface area contributed by atoms with Crippen molar-refractivity contribution >= 4 is 12.6 Å². The van der Waals surface area contributed by atoms with Gasteiger partial charge in [0.1, 0.15) is 13.1 Å². The molecule has 0 aromatic carbocycles. The quantitative estimate of drug-likeness (QED) is 0.201. The van der Waals surface area contributed by atoms with E-state index in [1.54, 1.807) is 12.2 Å². The maximum Gasteiger partial charge on any atom is 0.102 e. The molecule has 0 spiro atoms. The third-order valence-electron chi connectivity index (χ3n) is 2.88. The van der Waals surface area contributed by atoms with Crippen LogP contribution in [0.3, 0.4) is 0 Å². The smallest absolute Gasteiger partial charge is 0.102 e. The molecule has 0 saturated carbocycles. The molecule has 0 fully saturated rings. The summed E-state index contributed by atoms with van der Waals surface area (Å²) in [5, 5.41) is 0. The fourth-order valence-corrected chi connectivity index (χ4v) is 1.83. The molecular formula is C14H28BrNO2S. The third-order valence-corrected chi connectivity index (χ3v) is 3.19. The molecule has 0 aliphatic heterocycles. The van der Waals surface area contributed by atoms with Crippen LogP contribution in [0.2, 0.25) is 0 Å². The van der Waals surface area contributed by atoms with Crippen molar-refractivity contribution in [3.63, 3.8) is 0 Å². The van der Waals surface area contributed by atoms with E-state index >= 15 is 0 Å². The molecule has 114 valence electrons. The number of nitrogens with zero attached hydrogens (tertiary/aromatic N) is 1. The first kappa shape index (κ1) is 21.5. The van der Waals surface area contributed by atoms with Gasteiger partial charge in [-0.15, -0.1) is 13.2 Å². The summed E-state index contributed by atoms with van der Waals surface area (Å²) in [5.74, 6) is 0.925. The average Bonchev–Trinajstić information content (AvgIpc) is 2.38. The molecule has 0 atom stereocenters. The maximum absolute atomic E-state index is 5.48. The van der Waals surface area contributed by atoms with Gasteiger partial charge in [-0.1, -0.05) is 12.2 Å². The van der Waals surface area contributed by atoms with E-state index in [0.717, 1.165) is 49.5 Å². The van der Waals surface area contributed by atoms with E-state index in [-0.39, 0.29) is 17.0 Å². The molecule has 0 aliphatic carbocycles. The molecule has 0 saturated heterocycles. The van der Waals surface area contributed by atoms with Crippen LogP contribution < -0.4 is 17.0 Å². The molecular weight excluding hydrogens is 326 g/mol. The number of rotatable bonds is 13. The predicted octanol–water partition coefficient (Wildman–Crippen LogP) is -0.838. The van der Waals surface area contributed by atoms with Crippen LogP contribution >= 0.6 is 12.6 Å². The van der Waals surface area contributed by atoms with E-state index in [9.17, 15) is 0 Å². The SMILES string of the molecule is C=CCOCC[N+](C)(CCCS)CCOCC=C.[Br-]. The van der Waals surface area contributed by atoms with E-state index in [0.29, 0.717) is 13.2 Å². The zero-order chi connectivity index (χ0) is 13.7. The Kier molecular flexibility index (Phi) is 16.5. The second kappa shape index (κ2) is 14.6. The number of halogens is 1. The molecule has 0 aliphatic rings. The monoisotopic (exact) mass is 353 g/mol. The number of ether oxygens (including phenoxy) is 2. The van der Waals surface area contributed by atoms with Crippen LogP contribution in [-0.4, -0.2) is 63.3 Å². The molecule has 0 unspecified atom stereocenters. The molecule has 5 heteroatoms. The van der Waals surface area contributed by atoms with Gasteiger partial charge >= 0.3 is 0 Å². The summed E-state index contributed by atoms with van der Waals surface area (Å²) < 4.78 is 11.9. The fraction of sp³-hybridized carbons (Fsp3) is 0.714. The van der Waals surface area contributed by atoms with Gasteiger partial charge in [0.25, 0.3) is 0 Å². The van der Waals surface area contributed by atoms with Gasteiger partial charge in [-0.05, 0) is 5.75 Å². The van der Waals surface area contributed by atoms with Crippen molar-refractivity contribution in [2.75, 3.05) is 58.9 Å². The van der Waals surface area contributed by atoms with Gasteiger partial charge in [-0.2, -0.15) is 12.6 Å². The van der Waals surface area contributed by atoms with E-state index in [1.165, 1.54) is 0 Å². The standard InChI is InChI=1S/C14H27NO2S.BrH/c1-4-10-16-12-8-15(3,7-6-14-18)9-13-17-11-5-2;/h4-5H,1-2,6-14H2,3H3;1H. The summed E-state index contributed by atoms with van der Waals surface area (Å²) in [5.41, 5.74) is 0. The van der Waals surface area contributed by atoms with Gasteiger partial charge in [-0.3, -0.25) is 0 Å². The number of hydrogen-bond donors (Lipinski definition) is 1. The Morgan fingerprint density at radius 1 is 1.00 bits per heavy atom. The number of hydrogen-bond acceptors (Lipinski definition) is 3. The highest BCUT2D eigenvalue weighted by Crippen LogP contribution is 2.05. The summed E-state index contributed by atoms with van der Waals surface area (Å²) in [7, 11) is 2.25. The highest BCUT2D eigenvalue weighted by molar-refractivity contribution is 7.80. The maximum atomic E-state index is 5.48. The Hall–Kier alpha value is 0.190.